The highest BCUT2D eigenvalue weighted by Gasteiger charge is 2.31. The Kier molecular flexibility index (Phi) is 4.11. The van der Waals surface area contributed by atoms with E-state index in [-0.39, 0.29) is 12.1 Å². The maximum absolute atomic E-state index is 12.4. The fraction of sp³-hybridized carbons (Fsp3) is 0.364. The summed E-state index contributed by atoms with van der Waals surface area (Å²) in [5.74, 6) is -1.36. The highest BCUT2D eigenvalue weighted by molar-refractivity contribution is 5.89. The highest BCUT2D eigenvalue weighted by atomic mass is 19.4. The monoisotopic (exact) mass is 247 g/mol. The first-order chi connectivity index (χ1) is 7.86. The number of carbonyl (C=O) groups is 1. The molecule has 0 bridgehead atoms. The molecular formula is C11H12F3NO2. The second-order valence-electron chi connectivity index (χ2n) is 3.46. The molecule has 0 spiro atoms. The SMILES string of the molecule is CCNCc1ccc(C(F)(F)F)cc1C(=O)O. The fourth-order valence-corrected chi connectivity index (χ4v) is 1.37. The van der Waals surface area contributed by atoms with Crippen molar-refractivity contribution in [1.29, 1.82) is 0 Å². The van der Waals surface area contributed by atoms with E-state index in [2.05, 4.69) is 5.32 Å². The molecule has 2 N–H and O–H groups in total. The summed E-state index contributed by atoms with van der Waals surface area (Å²) in [6.07, 6.45) is -4.53. The van der Waals surface area contributed by atoms with Gasteiger partial charge in [-0.15, -0.1) is 0 Å². The summed E-state index contributed by atoms with van der Waals surface area (Å²) in [4.78, 5) is 10.9. The summed E-state index contributed by atoms with van der Waals surface area (Å²) in [6, 6.07) is 2.74. The maximum Gasteiger partial charge on any atom is 0.416 e. The van der Waals surface area contributed by atoms with Crippen molar-refractivity contribution in [3.05, 3.63) is 34.9 Å². The first kappa shape index (κ1) is 13.5. The lowest BCUT2D eigenvalue weighted by atomic mass is 10.0. The quantitative estimate of drug-likeness (QED) is 0.859. The van der Waals surface area contributed by atoms with Gasteiger partial charge in [-0.3, -0.25) is 0 Å². The van der Waals surface area contributed by atoms with Crippen LogP contribution in [0.3, 0.4) is 0 Å². The molecule has 3 nitrogen and oxygen atoms in total. The van der Waals surface area contributed by atoms with Gasteiger partial charge in [0.2, 0.25) is 0 Å². The average molecular weight is 247 g/mol. The van der Waals surface area contributed by atoms with E-state index in [0.29, 0.717) is 18.2 Å². The molecule has 1 rings (SSSR count). The van der Waals surface area contributed by atoms with E-state index in [0.717, 1.165) is 6.07 Å². The number of benzene rings is 1. The topological polar surface area (TPSA) is 49.3 Å². The molecule has 1 aromatic rings. The van der Waals surface area contributed by atoms with E-state index in [1.54, 1.807) is 0 Å². The van der Waals surface area contributed by atoms with Crippen LogP contribution in [0, 0.1) is 0 Å². The lowest BCUT2D eigenvalue weighted by Gasteiger charge is -2.11. The molecule has 0 heterocycles. The van der Waals surface area contributed by atoms with Crippen molar-refractivity contribution in [2.75, 3.05) is 6.54 Å². The predicted octanol–water partition coefficient (Wildman–Crippen LogP) is 2.51. The minimum atomic E-state index is -4.53. The van der Waals surface area contributed by atoms with Gasteiger partial charge >= 0.3 is 12.1 Å². The molecule has 0 radical (unpaired) electrons. The number of rotatable bonds is 4. The third kappa shape index (κ3) is 3.45. The Hall–Kier alpha value is -1.56. The zero-order valence-corrected chi connectivity index (χ0v) is 9.14. The van der Waals surface area contributed by atoms with Crippen LogP contribution in [0.25, 0.3) is 0 Å². The zero-order valence-electron chi connectivity index (χ0n) is 9.14. The molecular weight excluding hydrogens is 235 g/mol. The Balaban J connectivity index is 3.13. The normalized spacial score (nSPS) is 11.5. The number of nitrogens with one attached hydrogen (secondary N) is 1. The molecule has 0 saturated heterocycles. The molecule has 0 saturated carbocycles. The second kappa shape index (κ2) is 5.18. The van der Waals surface area contributed by atoms with Crippen LogP contribution in [-0.4, -0.2) is 17.6 Å². The molecule has 0 aromatic heterocycles. The number of hydrogen-bond acceptors (Lipinski definition) is 2. The van der Waals surface area contributed by atoms with Crippen molar-refractivity contribution >= 4 is 5.97 Å². The second-order valence-corrected chi connectivity index (χ2v) is 3.46. The molecule has 0 atom stereocenters. The van der Waals surface area contributed by atoms with Crippen molar-refractivity contribution in [3.8, 4) is 0 Å². The number of alkyl halides is 3. The van der Waals surface area contributed by atoms with Gasteiger partial charge in [0, 0.05) is 6.54 Å². The van der Waals surface area contributed by atoms with E-state index >= 15 is 0 Å². The van der Waals surface area contributed by atoms with Gasteiger partial charge in [0.15, 0.2) is 0 Å². The molecule has 0 aliphatic carbocycles. The number of carboxylic acid groups (broad SMARTS) is 1. The highest BCUT2D eigenvalue weighted by Crippen LogP contribution is 2.30. The van der Waals surface area contributed by atoms with Gasteiger partial charge in [-0.25, -0.2) is 4.79 Å². The molecule has 17 heavy (non-hydrogen) atoms. The van der Waals surface area contributed by atoms with Gasteiger partial charge in [-0.05, 0) is 24.2 Å². The zero-order chi connectivity index (χ0) is 13.1. The van der Waals surface area contributed by atoms with E-state index in [1.807, 2.05) is 6.92 Å². The van der Waals surface area contributed by atoms with Gasteiger partial charge in [0.1, 0.15) is 0 Å². The summed E-state index contributed by atoms with van der Waals surface area (Å²) in [7, 11) is 0. The summed E-state index contributed by atoms with van der Waals surface area (Å²) < 4.78 is 37.2. The molecule has 0 fully saturated rings. The van der Waals surface area contributed by atoms with Crippen LogP contribution in [-0.2, 0) is 12.7 Å². The van der Waals surface area contributed by atoms with Crippen molar-refractivity contribution in [3.63, 3.8) is 0 Å². The van der Waals surface area contributed by atoms with Gasteiger partial charge in [-0.2, -0.15) is 13.2 Å². The summed E-state index contributed by atoms with van der Waals surface area (Å²) in [6.45, 7) is 2.67. The first-order valence-corrected chi connectivity index (χ1v) is 5.00. The largest absolute Gasteiger partial charge is 0.478 e. The summed E-state index contributed by atoms with van der Waals surface area (Å²) >= 11 is 0. The van der Waals surface area contributed by atoms with Crippen LogP contribution >= 0.6 is 0 Å². The molecule has 0 aliphatic heterocycles. The molecule has 0 amide bonds. The number of hydrogen-bond donors (Lipinski definition) is 2. The number of aromatic carboxylic acids is 1. The predicted molar refractivity (Wildman–Crippen MR) is 55.8 cm³/mol. The summed E-state index contributed by atoms with van der Waals surface area (Å²) in [5.41, 5.74) is -0.928. The third-order valence-electron chi connectivity index (χ3n) is 2.23. The van der Waals surface area contributed by atoms with Gasteiger partial charge < -0.3 is 10.4 Å². The van der Waals surface area contributed by atoms with Crippen molar-refractivity contribution in [1.82, 2.24) is 5.32 Å². The minimum Gasteiger partial charge on any atom is -0.478 e. The van der Waals surface area contributed by atoms with Crippen LogP contribution in [0.15, 0.2) is 18.2 Å². The Morgan fingerprint density at radius 3 is 2.53 bits per heavy atom. The number of carboxylic acids is 1. The van der Waals surface area contributed by atoms with Crippen LogP contribution < -0.4 is 5.32 Å². The van der Waals surface area contributed by atoms with Gasteiger partial charge in [0.05, 0.1) is 11.1 Å². The van der Waals surface area contributed by atoms with Crippen molar-refractivity contribution < 1.29 is 23.1 Å². The van der Waals surface area contributed by atoms with Crippen molar-refractivity contribution in [2.45, 2.75) is 19.6 Å². The Morgan fingerprint density at radius 2 is 2.06 bits per heavy atom. The Morgan fingerprint density at radius 1 is 1.41 bits per heavy atom. The van der Waals surface area contributed by atoms with Crippen LogP contribution in [0.1, 0.15) is 28.4 Å². The first-order valence-electron chi connectivity index (χ1n) is 5.00. The minimum absolute atomic E-state index is 0.232. The van der Waals surface area contributed by atoms with E-state index in [1.165, 1.54) is 6.07 Å². The molecule has 94 valence electrons. The smallest absolute Gasteiger partial charge is 0.416 e. The molecule has 1 aromatic carbocycles. The molecule has 6 heteroatoms. The Labute approximate surface area is 96.3 Å². The van der Waals surface area contributed by atoms with E-state index < -0.39 is 17.7 Å². The fourth-order valence-electron chi connectivity index (χ4n) is 1.37. The maximum atomic E-state index is 12.4. The third-order valence-corrected chi connectivity index (χ3v) is 2.23. The average Bonchev–Trinajstić information content (AvgIpc) is 2.24. The molecule has 0 unspecified atom stereocenters. The molecule has 0 aliphatic rings. The Bertz CT molecular complexity index is 416. The van der Waals surface area contributed by atoms with Crippen LogP contribution in [0.4, 0.5) is 13.2 Å². The van der Waals surface area contributed by atoms with Gasteiger partial charge in [0.25, 0.3) is 0 Å². The number of halogens is 3. The standard InChI is InChI=1S/C11H12F3NO2/c1-2-15-6-7-3-4-8(11(12,13)14)5-9(7)10(16)17/h3-5,15H,2,6H2,1H3,(H,16,17). The van der Waals surface area contributed by atoms with E-state index in [9.17, 15) is 18.0 Å². The van der Waals surface area contributed by atoms with Crippen LogP contribution in [0.5, 0.6) is 0 Å². The summed E-state index contributed by atoms with van der Waals surface area (Å²) in [5, 5.41) is 11.7. The lowest BCUT2D eigenvalue weighted by molar-refractivity contribution is -0.137. The van der Waals surface area contributed by atoms with Crippen LogP contribution in [0.2, 0.25) is 0 Å². The van der Waals surface area contributed by atoms with Gasteiger partial charge in [-0.1, -0.05) is 13.0 Å². The lowest BCUT2D eigenvalue weighted by Crippen LogP contribution is -2.16. The van der Waals surface area contributed by atoms with Crippen molar-refractivity contribution in [2.24, 2.45) is 0 Å². The van der Waals surface area contributed by atoms with E-state index in [4.69, 9.17) is 5.11 Å².